The number of unbranched alkanes of at least 4 members (excludes halogenated alkanes) is 1. The number of sulfonamides is 1. The van der Waals surface area contributed by atoms with E-state index in [0.29, 0.717) is 12.1 Å². The summed E-state index contributed by atoms with van der Waals surface area (Å²) in [5.41, 5.74) is 0.647. The summed E-state index contributed by atoms with van der Waals surface area (Å²) in [5, 5.41) is 0. The number of carbonyl (C=O) groups excluding carboxylic acids is 2. The molecule has 0 unspecified atom stereocenters. The Morgan fingerprint density at radius 1 is 1.25 bits per heavy atom. The number of anilines is 1. The SMILES string of the molecule is CCCCS(=O)(=O)NCCN(C(C)=O)c1ccccc1C(=O)OC. The van der Waals surface area contributed by atoms with E-state index in [1.165, 1.54) is 18.9 Å². The first kappa shape index (κ1) is 20.1. The lowest BCUT2D eigenvalue weighted by Gasteiger charge is -2.23. The van der Waals surface area contributed by atoms with Crippen LogP contribution < -0.4 is 9.62 Å². The Morgan fingerprint density at radius 3 is 2.50 bits per heavy atom. The molecular weight excluding hydrogens is 332 g/mol. The van der Waals surface area contributed by atoms with Gasteiger partial charge in [0.05, 0.1) is 24.1 Å². The minimum atomic E-state index is -3.36. The molecule has 0 aliphatic heterocycles. The van der Waals surface area contributed by atoms with Gasteiger partial charge in [-0.05, 0) is 18.6 Å². The van der Waals surface area contributed by atoms with Crippen molar-refractivity contribution >= 4 is 27.6 Å². The molecule has 24 heavy (non-hydrogen) atoms. The zero-order valence-corrected chi connectivity index (χ0v) is 15.1. The number of hydrogen-bond donors (Lipinski definition) is 1. The largest absolute Gasteiger partial charge is 0.465 e. The molecule has 0 aromatic heterocycles. The Morgan fingerprint density at radius 2 is 1.92 bits per heavy atom. The van der Waals surface area contributed by atoms with Gasteiger partial charge in [0, 0.05) is 20.0 Å². The van der Waals surface area contributed by atoms with Crippen molar-refractivity contribution in [3.8, 4) is 0 Å². The monoisotopic (exact) mass is 356 g/mol. The van der Waals surface area contributed by atoms with Crippen molar-refractivity contribution < 1.29 is 22.7 Å². The van der Waals surface area contributed by atoms with Crippen LogP contribution in [0.2, 0.25) is 0 Å². The van der Waals surface area contributed by atoms with Gasteiger partial charge in [0.15, 0.2) is 0 Å². The van der Waals surface area contributed by atoms with Gasteiger partial charge in [-0.2, -0.15) is 0 Å². The molecule has 1 amide bonds. The normalized spacial score (nSPS) is 11.1. The van der Waals surface area contributed by atoms with Crippen LogP contribution in [0.1, 0.15) is 37.0 Å². The highest BCUT2D eigenvalue weighted by Gasteiger charge is 2.20. The fourth-order valence-electron chi connectivity index (χ4n) is 2.16. The second kappa shape index (κ2) is 9.39. The van der Waals surface area contributed by atoms with Gasteiger partial charge in [-0.25, -0.2) is 17.9 Å². The highest BCUT2D eigenvalue weighted by molar-refractivity contribution is 7.89. The summed E-state index contributed by atoms with van der Waals surface area (Å²) in [6.45, 7) is 3.46. The van der Waals surface area contributed by atoms with Crippen LogP contribution in [0, 0.1) is 0 Å². The van der Waals surface area contributed by atoms with Gasteiger partial charge in [-0.1, -0.05) is 25.5 Å². The molecule has 1 aromatic carbocycles. The lowest BCUT2D eigenvalue weighted by atomic mass is 10.1. The van der Waals surface area contributed by atoms with Crippen LogP contribution >= 0.6 is 0 Å². The zero-order valence-electron chi connectivity index (χ0n) is 14.2. The predicted molar refractivity (Wildman–Crippen MR) is 92.5 cm³/mol. The minimum Gasteiger partial charge on any atom is -0.465 e. The topological polar surface area (TPSA) is 92.8 Å². The molecule has 1 rings (SSSR count). The molecule has 1 N–H and O–H groups in total. The highest BCUT2D eigenvalue weighted by Crippen LogP contribution is 2.21. The molecule has 8 heteroatoms. The Balaban J connectivity index is 2.87. The van der Waals surface area contributed by atoms with Gasteiger partial charge in [0.1, 0.15) is 0 Å². The Kier molecular flexibility index (Phi) is 7.87. The highest BCUT2D eigenvalue weighted by atomic mass is 32.2. The number of amides is 1. The van der Waals surface area contributed by atoms with Crippen molar-refractivity contribution in [2.75, 3.05) is 30.9 Å². The Labute approximate surface area is 143 Å². The molecule has 0 atom stereocenters. The smallest absolute Gasteiger partial charge is 0.339 e. The summed E-state index contributed by atoms with van der Waals surface area (Å²) < 4.78 is 30.8. The Hall–Kier alpha value is -1.93. The van der Waals surface area contributed by atoms with E-state index >= 15 is 0 Å². The number of benzene rings is 1. The van der Waals surface area contributed by atoms with E-state index in [2.05, 4.69) is 4.72 Å². The van der Waals surface area contributed by atoms with Crippen molar-refractivity contribution in [2.24, 2.45) is 0 Å². The summed E-state index contributed by atoms with van der Waals surface area (Å²) in [5.74, 6) is -0.790. The van der Waals surface area contributed by atoms with E-state index in [1.807, 2.05) is 6.92 Å². The minimum absolute atomic E-state index is 0.0579. The van der Waals surface area contributed by atoms with Gasteiger partial charge in [0.2, 0.25) is 15.9 Å². The molecule has 0 heterocycles. The molecule has 134 valence electrons. The van der Waals surface area contributed by atoms with Crippen molar-refractivity contribution in [3.63, 3.8) is 0 Å². The molecule has 0 bridgehead atoms. The van der Waals surface area contributed by atoms with Crippen LogP contribution in [-0.2, 0) is 19.6 Å². The number of rotatable bonds is 9. The van der Waals surface area contributed by atoms with Gasteiger partial charge < -0.3 is 9.64 Å². The maximum absolute atomic E-state index is 11.9. The van der Waals surface area contributed by atoms with Gasteiger partial charge in [-0.15, -0.1) is 0 Å². The molecule has 0 radical (unpaired) electrons. The summed E-state index contributed by atoms with van der Waals surface area (Å²) in [6.07, 6.45) is 1.36. The van der Waals surface area contributed by atoms with E-state index in [0.717, 1.165) is 6.42 Å². The number of nitrogens with one attached hydrogen (secondary N) is 1. The first-order valence-corrected chi connectivity index (χ1v) is 9.40. The maximum atomic E-state index is 11.9. The third-order valence-corrected chi connectivity index (χ3v) is 4.87. The second-order valence-electron chi connectivity index (χ2n) is 5.25. The third-order valence-electron chi connectivity index (χ3n) is 3.40. The van der Waals surface area contributed by atoms with Crippen LogP contribution in [0.5, 0.6) is 0 Å². The van der Waals surface area contributed by atoms with Crippen molar-refractivity contribution in [1.29, 1.82) is 0 Å². The van der Waals surface area contributed by atoms with E-state index in [9.17, 15) is 18.0 Å². The first-order valence-electron chi connectivity index (χ1n) is 7.75. The molecule has 7 nitrogen and oxygen atoms in total. The number of ether oxygens (including phenoxy) is 1. The van der Waals surface area contributed by atoms with E-state index in [-0.39, 0.29) is 30.3 Å². The average Bonchev–Trinajstić information content (AvgIpc) is 2.56. The van der Waals surface area contributed by atoms with E-state index in [4.69, 9.17) is 4.74 Å². The van der Waals surface area contributed by atoms with E-state index < -0.39 is 16.0 Å². The molecule has 0 aliphatic carbocycles. The summed E-state index contributed by atoms with van der Waals surface area (Å²) >= 11 is 0. The predicted octanol–water partition coefficient (Wildman–Crippen LogP) is 1.55. The van der Waals surface area contributed by atoms with Gasteiger partial charge in [0.25, 0.3) is 0 Å². The zero-order chi connectivity index (χ0) is 18.2. The fourth-order valence-corrected chi connectivity index (χ4v) is 3.37. The summed E-state index contributed by atoms with van der Waals surface area (Å²) in [7, 11) is -2.10. The van der Waals surface area contributed by atoms with Crippen LogP contribution in [-0.4, -0.2) is 46.2 Å². The number of carbonyl (C=O) groups is 2. The standard InChI is InChI=1S/C16H24N2O5S/c1-4-5-12-24(21,22)17-10-11-18(13(2)19)15-9-7-6-8-14(15)16(20)23-3/h6-9,17H,4-5,10-12H2,1-3H3. The lowest BCUT2D eigenvalue weighted by Crippen LogP contribution is -2.39. The first-order chi connectivity index (χ1) is 11.3. The quantitative estimate of drug-likeness (QED) is 0.678. The van der Waals surface area contributed by atoms with Gasteiger partial charge in [-0.3, -0.25) is 4.79 Å². The van der Waals surface area contributed by atoms with E-state index in [1.54, 1.807) is 24.3 Å². The molecule has 0 spiro atoms. The number of methoxy groups -OCH3 is 1. The second-order valence-corrected chi connectivity index (χ2v) is 7.17. The van der Waals surface area contributed by atoms with Gasteiger partial charge >= 0.3 is 5.97 Å². The number of hydrogen-bond acceptors (Lipinski definition) is 5. The van der Waals surface area contributed by atoms with Crippen LogP contribution in [0.15, 0.2) is 24.3 Å². The number of esters is 1. The molecule has 0 saturated carbocycles. The maximum Gasteiger partial charge on any atom is 0.339 e. The molecule has 1 aromatic rings. The molecule has 0 fully saturated rings. The fraction of sp³-hybridized carbons (Fsp3) is 0.500. The third kappa shape index (κ3) is 5.93. The molecular formula is C16H24N2O5S. The molecule has 0 aliphatic rings. The molecule has 0 saturated heterocycles. The van der Waals surface area contributed by atoms with Crippen molar-refractivity contribution in [2.45, 2.75) is 26.7 Å². The number of nitrogens with zero attached hydrogens (tertiary/aromatic N) is 1. The average molecular weight is 356 g/mol. The van der Waals surface area contributed by atoms with Crippen molar-refractivity contribution in [1.82, 2.24) is 4.72 Å². The summed E-state index contributed by atoms with van der Waals surface area (Å²) in [4.78, 5) is 25.1. The Bertz CT molecular complexity index is 673. The van der Waals surface area contributed by atoms with Crippen LogP contribution in [0.3, 0.4) is 0 Å². The van der Waals surface area contributed by atoms with Crippen molar-refractivity contribution in [3.05, 3.63) is 29.8 Å². The number of para-hydroxylation sites is 1. The summed E-state index contributed by atoms with van der Waals surface area (Å²) in [6, 6.07) is 6.55. The van der Waals surface area contributed by atoms with Crippen LogP contribution in [0.25, 0.3) is 0 Å². The lowest BCUT2D eigenvalue weighted by molar-refractivity contribution is -0.116. The van der Waals surface area contributed by atoms with Crippen LogP contribution in [0.4, 0.5) is 5.69 Å².